The Balaban J connectivity index is 2.86. The molecule has 0 saturated carbocycles. The van der Waals surface area contributed by atoms with Crippen molar-refractivity contribution in [1.82, 2.24) is 14.6 Å². The van der Waals surface area contributed by atoms with Crippen LogP contribution < -0.4 is 5.73 Å². The van der Waals surface area contributed by atoms with E-state index in [0.717, 1.165) is 4.52 Å². The molecule has 2 aromatic rings. The van der Waals surface area contributed by atoms with Crippen LogP contribution in [-0.2, 0) is 6.18 Å². The van der Waals surface area contributed by atoms with Gasteiger partial charge in [-0.25, -0.2) is 9.50 Å². The molecule has 2 aromatic heterocycles. The van der Waals surface area contributed by atoms with Crippen molar-refractivity contribution in [3.8, 4) is 0 Å². The van der Waals surface area contributed by atoms with Crippen LogP contribution in [-0.4, -0.2) is 19.6 Å². The second-order valence-electron chi connectivity index (χ2n) is 3.88. The lowest BCUT2D eigenvalue weighted by Gasteiger charge is -2.07. The number of alkyl halides is 3. The first kappa shape index (κ1) is 12.7. The third kappa shape index (κ3) is 1.92. The second kappa shape index (κ2) is 3.91. The van der Waals surface area contributed by atoms with Gasteiger partial charge in [0, 0.05) is 5.69 Å². The first-order valence-corrected chi connectivity index (χ1v) is 5.36. The summed E-state index contributed by atoms with van der Waals surface area (Å²) in [6.07, 6.45) is -4.60. The summed E-state index contributed by atoms with van der Waals surface area (Å²) in [7, 11) is 0. The van der Waals surface area contributed by atoms with Crippen molar-refractivity contribution in [2.45, 2.75) is 20.0 Å². The van der Waals surface area contributed by atoms with Crippen molar-refractivity contribution in [2.75, 3.05) is 0 Å². The highest BCUT2D eigenvalue weighted by Crippen LogP contribution is 2.28. The van der Waals surface area contributed by atoms with Crippen LogP contribution in [0.15, 0.2) is 6.07 Å². The maximum atomic E-state index is 12.6. The molecule has 0 unspecified atom stereocenters. The van der Waals surface area contributed by atoms with Crippen LogP contribution in [0.1, 0.15) is 22.6 Å². The van der Waals surface area contributed by atoms with Crippen LogP contribution in [0.2, 0.25) is 0 Å². The van der Waals surface area contributed by atoms with Gasteiger partial charge in [-0.1, -0.05) is 12.2 Å². The SMILES string of the molecule is Cc1cc(C)n2nc(C(F)(F)F)nc2c1C(N)=S. The zero-order valence-electron chi connectivity index (χ0n) is 9.54. The average molecular weight is 274 g/mol. The van der Waals surface area contributed by atoms with Gasteiger partial charge in [0.2, 0.25) is 0 Å². The molecule has 0 aliphatic heterocycles. The predicted octanol–water partition coefficient (Wildman–Crippen LogP) is 2.00. The Labute approximate surface area is 106 Å². The lowest BCUT2D eigenvalue weighted by Crippen LogP contribution is -2.14. The largest absolute Gasteiger partial charge is 0.453 e. The highest BCUT2D eigenvalue weighted by molar-refractivity contribution is 7.80. The van der Waals surface area contributed by atoms with Gasteiger partial charge in [-0.05, 0) is 25.5 Å². The monoisotopic (exact) mass is 274 g/mol. The number of hydrogen-bond acceptors (Lipinski definition) is 3. The van der Waals surface area contributed by atoms with Crippen LogP contribution in [0.25, 0.3) is 5.65 Å². The molecule has 2 heterocycles. The fourth-order valence-corrected chi connectivity index (χ4v) is 2.02. The summed E-state index contributed by atoms with van der Waals surface area (Å²) in [5.41, 5.74) is 7.08. The summed E-state index contributed by atoms with van der Waals surface area (Å²) >= 11 is 4.84. The number of aryl methyl sites for hydroxylation is 2. The highest BCUT2D eigenvalue weighted by Gasteiger charge is 2.37. The van der Waals surface area contributed by atoms with Gasteiger partial charge in [-0.2, -0.15) is 13.2 Å². The molecule has 96 valence electrons. The van der Waals surface area contributed by atoms with Gasteiger partial charge < -0.3 is 5.73 Å². The fourth-order valence-electron chi connectivity index (χ4n) is 1.77. The van der Waals surface area contributed by atoms with Crippen LogP contribution >= 0.6 is 12.2 Å². The Kier molecular flexibility index (Phi) is 2.77. The number of halogens is 3. The maximum absolute atomic E-state index is 12.6. The molecule has 2 N–H and O–H groups in total. The van der Waals surface area contributed by atoms with Crippen molar-refractivity contribution >= 4 is 22.9 Å². The number of thiocarbonyl (C=S) groups is 1. The van der Waals surface area contributed by atoms with Crippen LogP contribution in [0, 0.1) is 13.8 Å². The molecule has 18 heavy (non-hydrogen) atoms. The van der Waals surface area contributed by atoms with Gasteiger partial charge in [0.25, 0.3) is 5.82 Å². The van der Waals surface area contributed by atoms with E-state index in [9.17, 15) is 13.2 Å². The molecule has 0 saturated heterocycles. The van der Waals surface area contributed by atoms with E-state index < -0.39 is 12.0 Å². The number of hydrogen-bond donors (Lipinski definition) is 1. The van der Waals surface area contributed by atoms with E-state index in [-0.39, 0.29) is 10.6 Å². The van der Waals surface area contributed by atoms with Crippen molar-refractivity contribution < 1.29 is 13.2 Å². The topological polar surface area (TPSA) is 56.2 Å². The smallest absolute Gasteiger partial charge is 0.389 e. The van der Waals surface area contributed by atoms with Crippen molar-refractivity contribution in [2.24, 2.45) is 5.73 Å². The minimum atomic E-state index is -4.60. The van der Waals surface area contributed by atoms with Crippen molar-refractivity contribution in [3.63, 3.8) is 0 Å². The third-order valence-electron chi connectivity index (χ3n) is 2.48. The third-order valence-corrected chi connectivity index (χ3v) is 2.69. The zero-order valence-corrected chi connectivity index (χ0v) is 10.4. The average Bonchev–Trinajstić information content (AvgIpc) is 2.60. The van der Waals surface area contributed by atoms with Gasteiger partial charge >= 0.3 is 6.18 Å². The number of aromatic nitrogens is 3. The summed E-state index contributed by atoms with van der Waals surface area (Å²) < 4.78 is 38.9. The summed E-state index contributed by atoms with van der Waals surface area (Å²) in [6, 6.07) is 1.66. The molecule has 0 aliphatic rings. The first-order chi connectivity index (χ1) is 8.21. The normalized spacial score (nSPS) is 12.1. The molecule has 0 amide bonds. The summed E-state index contributed by atoms with van der Waals surface area (Å²) in [6.45, 7) is 3.35. The van der Waals surface area contributed by atoms with Gasteiger partial charge in [0.15, 0.2) is 5.65 Å². The van der Waals surface area contributed by atoms with Crippen LogP contribution in [0.3, 0.4) is 0 Å². The zero-order chi connectivity index (χ0) is 13.7. The number of nitrogens with zero attached hydrogens (tertiary/aromatic N) is 3. The Morgan fingerprint density at radius 1 is 1.39 bits per heavy atom. The number of pyridine rings is 1. The van der Waals surface area contributed by atoms with E-state index in [1.165, 1.54) is 0 Å². The Morgan fingerprint density at radius 3 is 2.50 bits per heavy atom. The molecule has 0 radical (unpaired) electrons. The predicted molar refractivity (Wildman–Crippen MR) is 63.4 cm³/mol. The van der Waals surface area contributed by atoms with Crippen molar-refractivity contribution in [3.05, 3.63) is 28.7 Å². The Morgan fingerprint density at radius 2 is 2.00 bits per heavy atom. The summed E-state index contributed by atoms with van der Waals surface area (Å²) in [5.74, 6) is -1.20. The quantitative estimate of drug-likeness (QED) is 0.808. The molecule has 8 heteroatoms. The molecule has 0 bridgehead atoms. The number of fused-ring (bicyclic) bond motifs is 1. The molecular formula is C10H9F3N4S. The van der Waals surface area contributed by atoms with Gasteiger partial charge in [0.05, 0.1) is 5.56 Å². The minimum Gasteiger partial charge on any atom is -0.389 e. The molecule has 0 fully saturated rings. The van der Waals surface area contributed by atoms with E-state index in [0.29, 0.717) is 16.8 Å². The highest BCUT2D eigenvalue weighted by atomic mass is 32.1. The lowest BCUT2D eigenvalue weighted by molar-refractivity contribution is -0.144. The van der Waals surface area contributed by atoms with Crippen molar-refractivity contribution in [1.29, 1.82) is 0 Å². The molecule has 4 nitrogen and oxygen atoms in total. The molecule has 2 rings (SSSR count). The summed E-state index contributed by atoms with van der Waals surface area (Å²) in [5, 5.41) is 3.43. The second-order valence-corrected chi connectivity index (χ2v) is 4.32. The molecular weight excluding hydrogens is 265 g/mol. The molecule has 0 aliphatic carbocycles. The van der Waals surface area contributed by atoms with Crippen LogP contribution in [0.5, 0.6) is 0 Å². The van der Waals surface area contributed by atoms with Gasteiger partial charge in [0.1, 0.15) is 4.99 Å². The Bertz CT molecular complexity index is 645. The maximum Gasteiger partial charge on any atom is 0.453 e. The summed E-state index contributed by atoms with van der Waals surface area (Å²) in [4.78, 5) is 3.48. The van der Waals surface area contributed by atoms with E-state index in [4.69, 9.17) is 18.0 Å². The Hall–Kier alpha value is -1.70. The van der Waals surface area contributed by atoms with E-state index >= 15 is 0 Å². The number of nitrogens with two attached hydrogens (primary N) is 1. The first-order valence-electron chi connectivity index (χ1n) is 4.96. The van der Waals surface area contributed by atoms with Gasteiger partial charge in [-0.3, -0.25) is 0 Å². The fraction of sp³-hybridized carbons (Fsp3) is 0.300. The van der Waals surface area contributed by atoms with E-state index in [2.05, 4.69) is 10.1 Å². The molecule has 0 aromatic carbocycles. The van der Waals surface area contributed by atoms with Gasteiger partial charge in [-0.15, -0.1) is 5.10 Å². The number of rotatable bonds is 1. The van der Waals surface area contributed by atoms with E-state index in [1.54, 1.807) is 19.9 Å². The van der Waals surface area contributed by atoms with Crippen LogP contribution in [0.4, 0.5) is 13.2 Å². The molecule has 0 atom stereocenters. The standard InChI is InChI=1S/C10H9F3N4S/c1-4-3-5(2)17-8(6(4)7(14)18)15-9(16-17)10(11,12)13/h3H,1-2H3,(H2,14,18). The van der Waals surface area contributed by atoms with E-state index in [1.807, 2.05) is 0 Å². The lowest BCUT2D eigenvalue weighted by atomic mass is 10.1. The molecule has 0 spiro atoms. The minimum absolute atomic E-state index is 0.00127.